The van der Waals surface area contributed by atoms with E-state index >= 15 is 0 Å². The van der Waals surface area contributed by atoms with Gasteiger partial charge in [0.1, 0.15) is 5.75 Å². The van der Waals surface area contributed by atoms with Crippen LogP contribution in [0.15, 0.2) is 6.20 Å². The second-order valence-corrected chi connectivity index (χ2v) is 5.18. The van der Waals surface area contributed by atoms with Crippen LogP contribution in [0.4, 0.5) is 13.2 Å². The summed E-state index contributed by atoms with van der Waals surface area (Å²) in [5, 5.41) is 0.277. The van der Waals surface area contributed by atoms with Crippen LogP contribution in [0.25, 0.3) is 0 Å². The number of hydrogen-bond acceptors (Lipinski definition) is 4. The van der Waals surface area contributed by atoms with Gasteiger partial charge in [-0.15, -0.1) is 13.2 Å². The van der Waals surface area contributed by atoms with Gasteiger partial charge in [0, 0.05) is 17.1 Å². The standard InChI is InChI=1S/C11H10BrF3INO3/c1-2-19-8(18)3-6-5-17-7(4-12)9(16)10(6)20-11(13,14)15/h5H,2-4H2,1H3. The molecule has 0 amide bonds. The number of alkyl halides is 4. The predicted molar refractivity (Wildman–Crippen MR) is 76.6 cm³/mol. The lowest BCUT2D eigenvalue weighted by atomic mass is 10.2. The fourth-order valence-electron chi connectivity index (χ4n) is 1.36. The van der Waals surface area contributed by atoms with E-state index in [0.717, 1.165) is 0 Å². The first kappa shape index (κ1) is 17.5. The van der Waals surface area contributed by atoms with Crippen molar-refractivity contribution in [3.05, 3.63) is 21.0 Å². The summed E-state index contributed by atoms with van der Waals surface area (Å²) in [5.74, 6) is -1.04. The number of carbonyl (C=O) groups is 1. The van der Waals surface area contributed by atoms with Crippen molar-refractivity contribution < 1.29 is 27.4 Å². The van der Waals surface area contributed by atoms with Crippen LogP contribution in [0.3, 0.4) is 0 Å². The fourth-order valence-corrected chi connectivity index (χ4v) is 3.09. The highest BCUT2D eigenvalue weighted by Gasteiger charge is 2.34. The molecule has 0 N–H and O–H groups in total. The van der Waals surface area contributed by atoms with Gasteiger partial charge in [0.15, 0.2) is 0 Å². The third-order valence-electron chi connectivity index (χ3n) is 2.11. The van der Waals surface area contributed by atoms with Crippen molar-refractivity contribution in [2.45, 2.75) is 25.0 Å². The maximum absolute atomic E-state index is 12.4. The Balaban J connectivity index is 3.15. The summed E-state index contributed by atoms with van der Waals surface area (Å²) >= 11 is 4.83. The molecular formula is C11H10BrF3INO3. The summed E-state index contributed by atoms with van der Waals surface area (Å²) in [6.07, 6.45) is -3.98. The Hall–Kier alpha value is -0.580. The Morgan fingerprint density at radius 2 is 2.15 bits per heavy atom. The van der Waals surface area contributed by atoms with Crippen LogP contribution in [0, 0.1) is 3.57 Å². The van der Waals surface area contributed by atoms with Crippen LogP contribution < -0.4 is 4.74 Å². The first-order valence-corrected chi connectivity index (χ1v) is 7.62. The van der Waals surface area contributed by atoms with Crippen molar-refractivity contribution in [3.63, 3.8) is 0 Å². The molecule has 1 aromatic rings. The second kappa shape index (κ2) is 7.43. The lowest BCUT2D eigenvalue weighted by Gasteiger charge is -2.16. The molecule has 0 saturated heterocycles. The Kier molecular flexibility index (Phi) is 6.49. The zero-order valence-corrected chi connectivity index (χ0v) is 14.0. The van der Waals surface area contributed by atoms with E-state index in [1.54, 1.807) is 29.5 Å². The molecule has 4 nitrogen and oxygen atoms in total. The molecule has 0 aliphatic carbocycles. The second-order valence-electron chi connectivity index (χ2n) is 3.54. The highest BCUT2D eigenvalue weighted by molar-refractivity contribution is 14.1. The Labute approximate surface area is 135 Å². The number of carbonyl (C=O) groups excluding carboxylic acids is 1. The van der Waals surface area contributed by atoms with Crippen molar-refractivity contribution in [2.24, 2.45) is 0 Å². The van der Waals surface area contributed by atoms with E-state index in [-0.39, 0.29) is 27.5 Å². The number of aromatic nitrogens is 1. The molecule has 0 radical (unpaired) electrons. The number of rotatable bonds is 5. The van der Waals surface area contributed by atoms with E-state index in [4.69, 9.17) is 4.74 Å². The molecule has 0 unspecified atom stereocenters. The third kappa shape index (κ3) is 5.08. The summed E-state index contributed by atoms with van der Waals surface area (Å²) in [6, 6.07) is 0. The van der Waals surface area contributed by atoms with Gasteiger partial charge >= 0.3 is 12.3 Å². The van der Waals surface area contributed by atoms with Gasteiger partial charge < -0.3 is 9.47 Å². The van der Waals surface area contributed by atoms with Gasteiger partial charge in [-0.2, -0.15) is 0 Å². The molecule has 0 saturated carbocycles. The normalized spacial score (nSPS) is 11.3. The average molecular weight is 468 g/mol. The molecule has 0 aliphatic rings. The quantitative estimate of drug-likeness (QED) is 0.377. The highest BCUT2D eigenvalue weighted by atomic mass is 127. The van der Waals surface area contributed by atoms with Crippen molar-refractivity contribution >= 4 is 44.5 Å². The van der Waals surface area contributed by atoms with Gasteiger partial charge in [0.2, 0.25) is 0 Å². The summed E-state index contributed by atoms with van der Waals surface area (Å²) < 4.78 is 46.3. The minimum absolute atomic E-state index is 0.0369. The number of hydrogen-bond donors (Lipinski definition) is 0. The van der Waals surface area contributed by atoms with Gasteiger partial charge in [-0.3, -0.25) is 9.78 Å². The van der Waals surface area contributed by atoms with E-state index < -0.39 is 18.1 Å². The third-order valence-corrected chi connectivity index (χ3v) is 3.75. The van der Waals surface area contributed by atoms with Crippen LogP contribution in [0.1, 0.15) is 18.2 Å². The molecule has 0 bridgehead atoms. The maximum atomic E-state index is 12.4. The van der Waals surface area contributed by atoms with Crippen molar-refractivity contribution in [2.75, 3.05) is 6.61 Å². The zero-order valence-electron chi connectivity index (χ0n) is 10.3. The molecule has 0 aromatic carbocycles. The van der Waals surface area contributed by atoms with E-state index in [0.29, 0.717) is 5.69 Å². The van der Waals surface area contributed by atoms with Crippen LogP contribution in [-0.4, -0.2) is 23.9 Å². The van der Waals surface area contributed by atoms with E-state index in [1.807, 2.05) is 0 Å². The maximum Gasteiger partial charge on any atom is 0.573 e. The number of ether oxygens (including phenoxy) is 2. The van der Waals surface area contributed by atoms with E-state index in [1.165, 1.54) is 6.20 Å². The molecule has 1 aromatic heterocycles. The first-order chi connectivity index (χ1) is 9.28. The zero-order chi connectivity index (χ0) is 15.3. The monoisotopic (exact) mass is 467 g/mol. The summed E-state index contributed by atoms with van der Waals surface area (Å²) in [6.45, 7) is 1.76. The van der Waals surface area contributed by atoms with Gasteiger partial charge in [0.25, 0.3) is 0 Å². The van der Waals surface area contributed by atoms with Gasteiger partial charge in [0.05, 0.1) is 22.3 Å². The van der Waals surface area contributed by atoms with Crippen LogP contribution >= 0.6 is 38.5 Å². The average Bonchev–Trinajstić information content (AvgIpc) is 2.33. The molecule has 9 heteroatoms. The number of halogens is 5. The number of nitrogens with zero attached hydrogens (tertiary/aromatic N) is 1. The Morgan fingerprint density at radius 3 is 2.65 bits per heavy atom. The van der Waals surface area contributed by atoms with Crippen LogP contribution in [0.5, 0.6) is 5.75 Å². The Morgan fingerprint density at radius 1 is 1.50 bits per heavy atom. The summed E-state index contributed by atoms with van der Waals surface area (Å²) in [7, 11) is 0. The molecule has 0 fully saturated rings. The molecular weight excluding hydrogens is 458 g/mol. The van der Waals surface area contributed by atoms with Gasteiger partial charge in [-0.25, -0.2) is 0 Å². The molecule has 20 heavy (non-hydrogen) atoms. The fraction of sp³-hybridized carbons (Fsp3) is 0.455. The van der Waals surface area contributed by atoms with Crippen molar-refractivity contribution in [3.8, 4) is 5.75 Å². The number of pyridine rings is 1. The van der Waals surface area contributed by atoms with E-state index in [2.05, 4.69) is 25.7 Å². The van der Waals surface area contributed by atoms with Gasteiger partial charge in [-0.1, -0.05) is 15.9 Å². The summed E-state index contributed by atoms with van der Waals surface area (Å²) in [5.41, 5.74) is 0.437. The first-order valence-electron chi connectivity index (χ1n) is 5.42. The molecule has 112 valence electrons. The lowest BCUT2D eigenvalue weighted by Crippen LogP contribution is -2.20. The minimum atomic E-state index is -4.84. The largest absolute Gasteiger partial charge is 0.573 e. The SMILES string of the molecule is CCOC(=O)Cc1cnc(CBr)c(I)c1OC(F)(F)F. The summed E-state index contributed by atoms with van der Waals surface area (Å²) in [4.78, 5) is 15.4. The smallest absolute Gasteiger partial charge is 0.466 e. The molecule has 0 atom stereocenters. The molecule has 1 heterocycles. The van der Waals surface area contributed by atoms with Gasteiger partial charge in [-0.05, 0) is 29.5 Å². The van der Waals surface area contributed by atoms with Crippen molar-refractivity contribution in [1.82, 2.24) is 4.98 Å². The van der Waals surface area contributed by atoms with E-state index in [9.17, 15) is 18.0 Å². The number of esters is 1. The minimum Gasteiger partial charge on any atom is -0.466 e. The molecule has 1 rings (SSSR count). The molecule has 0 aliphatic heterocycles. The van der Waals surface area contributed by atoms with Crippen molar-refractivity contribution in [1.29, 1.82) is 0 Å². The highest BCUT2D eigenvalue weighted by Crippen LogP contribution is 2.33. The Bertz CT molecular complexity index is 497. The lowest BCUT2D eigenvalue weighted by molar-refractivity contribution is -0.275. The molecule has 0 spiro atoms. The van der Waals surface area contributed by atoms with Crippen LogP contribution in [0.2, 0.25) is 0 Å². The topological polar surface area (TPSA) is 48.4 Å². The van der Waals surface area contributed by atoms with Crippen LogP contribution in [-0.2, 0) is 21.3 Å². The predicted octanol–water partition coefficient (Wildman–Crippen LogP) is 3.59.